The largest absolute Gasteiger partial charge is 0.310 e. The molecule has 0 fully saturated rings. The van der Waals surface area contributed by atoms with Crippen molar-refractivity contribution in [1.29, 1.82) is 0 Å². The van der Waals surface area contributed by atoms with Crippen molar-refractivity contribution >= 4 is 22.8 Å². The van der Waals surface area contributed by atoms with Gasteiger partial charge in [0.15, 0.2) is 5.65 Å². The molecule has 30 heavy (non-hydrogen) atoms. The third-order valence-corrected chi connectivity index (χ3v) is 4.57. The third kappa shape index (κ3) is 3.73. The summed E-state index contributed by atoms with van der Waals surface area (Å²) in [5, 5.41) is 12.0. The van der Waals surface area contributed by atoms with Gasteiger partial charge in [-0.15, -0.1) is 0 Å². The van der Waals surface area contributed by atoms with Gasteiger partial charge in [0.2, 0.25) is 11.9 Å². The molecule has 0 saturated heterocycles. The second-order valence-corrected chi connectivity index (χ2v) is 7.75. The molecule has 0 atom stereocenters. The standard InChI is InChI=1S/C21H23N7O2/c1-12(2)8-18(29)23-17-10-14(4)26-28(17)21-24-19-16(20(30)25-21)11-22-27(19)15-7-5-6-13(3)9-15/h5-7,9-12H,8H2,1-4H3,(H,23,29)(H,24,25,30). The molecule has 0 aliphatic heterocycles. The summed E-state index contributed by atoms with van der Waals surface area (Å²) in [6.45, 7) is 7.74. The minimum Gasteiger partial charge on any atom is -0.310 e. The molecule has 0 bridgehead atoms. The molecule has 0 spiro atoms. The van der Waals surface area contributed by atoms with E-state index in [2.05, 4.69) is 25.5 Å². The van der Waals surface area contributed by atoms with E-state index in [0.29, 0.717) is 29.0 Å². The number of hydrogen-bond acceptors (Lipinski definition) is 5. The van der Waals surface area contributed by atoms with Gasteiger partial charge in [0.05, 0.1) is 17.6 Å². The van der Waals surface area contributed by atoms with Gasteiger partial charge in [-0.2, -0.15) is 19.9 Å². The summed E-state index contributed by atoms with van der Waals surface area (Å²) in [6.07, 6.45) is 1.88. The highest BCUT2D eigenvalue weighted by Crippen LogP contribution is 2.19. The maximum Gasteiger partial charge on any atom is 0.263 e. The number of nitrogens with zero attached hydrogens (tertiary/aromatic N) is 5. The molecule has 4 aromatic rings. The Kier molecular flexibility index (Phi) is 4.94. The molecule has 1 aromatic carbocycles. The van der Waals surface area contributed by atoms with Crippen molar-refractivity contribution in [2.24, 2.45) is 5.92 Å². The minimum absolute atomic E-state index is 0.126. The molecule has 0 aliphatic carbocycles. The van der Waals surface area contributed by atoms with E-state index in [1.807, 2.05) is 52.0 Å². The summed E-state index contributed by atoms with van der Waals surface area (Å²) in [5.41, 5.74) is 2.63. The number of aromatic nitrogens is 6. The van der Waals surface area contributed by atoms with Crippen molar-refractivity contribution in [3.63, 3.8) is 0 Å². The quantitative estimate of drug-likeness (QED) is 0.530. The van der Waals surface area contributed by atoms with Gasteiger partial charge in [-0.05, 0) is 37.5 Å². The number of H-pyrrole nitrogens is 1. The first-order valence-corrected chi connectivity index (χ1v) is 9.74. The van der Waals surface area contributed by atoms with Crippen LogP contribution in [0.15, 0.2) is 41.3 Å². The Morgan fingerprint density at radius 2 is 2.00 bits per heavy atom. The molecule has 4 rings (SSSR count). The average Bonchev–Trinajstić information content (AvgIpc) is 3.24. The lowest BCUT2D eigenvalue weighted by atomic mass is 10.1. The van der Waals surface area contributed by atoms with Gasteiger partial charge in [0.1, 0.15) is 11.2 Å². The second-order valence-electron chi connectivity index (χ2n) is 7.75. The van der Waals surface area contributed by atoms with Crippen molar-refractivity contribution in [2.75, 3.05) is 5.32 Å². The Morgan fingerprint density at radius 3 is 2.73 bits per heavy atom. The van der Waals surface area contributed by atoms with Gasteiger partial charge in [-0.3, -0.25) is 14.6 Å². The Hall–Kier alpha value is -3.75. The predicted molar refractivity (Wildman–Crippen MR) is 114 cm³/mol. The van der Waals surface area contributed by atoms with E-state index < -0.39 is 0 Å². The zero-order chi connectivity index (χ0) is 21.4. The number of amides is 1. The van der Waals surface area contributed by atoms with Crippen LogP contribution < -0.4 is 10.9 Å². The van der Waals surface area contributed by atoms with Gasteiger partial charge >= 0.3 is 0 Å². The molecule has 9 heteroatoms. The SMILES string of the molecule is Cc1cccc(-n2ncc3c(=O)[nH]c(-n4nc(C)cc4NC(=O)CC(C)C)nc32)c1. The van der Waals surface area contributed by atoms with E-state index in [0.717, 1.165) is 11.3 Å². The van der Waals surface area contributed by atoms with Crippen LogP contribution in [0.1, 0.15) is 31.5 Å². The summed E-state index contributed by atoms with van der Waals surface area (Å²) in [6, 6.07) is 9.51. The maximum absolute atomic E-state index is 12.7. The topological polar surface area (TPSA) is 110 Å². The van der Waals surface area contributed by atoms with Crippen molar-refractivity contribution in [1.82, 2.24) is 29.5 Å². The van der Waals surface area contributed by atoms with Gasteiger partial charge in [-0.25, -0.2) is 4.68 Å². The van der Waals surface area contributed by atoms with Crippen LogP contribution in [-0.2, 0) is 4.79 Å². The van der Waals surface area contributed by atoms with Crippen molar-refractivity contribution in [3.05, 3.63) is 58.1 Å². The Morgan fingerprint density at radius 1 is 1.20 bits per heavy atom. The summed E-state index contributed by atoms with van der Waals surface area (Å²) in [7, 11) is 0. The molecule has 154 valence electrons. The summed E-state index contributed by atoms with van der Waals surface area (Å²) >= 11 is 0. The molecule has 9 nitrogen and oxygen atoms in total. The first-order valence-electron chi connectivity index (χ1n) is 9.74. The van der Waals surface area contributed by atoms with E-state index in [-0.39, 0.29) is 23.3 Å². The number of hydrogen-bond donors (Lipinski definition) is 2. The molecule has 1 amide bonds. The van der Waals surface area contributed by atoms with E-state index in [9.17, 15) is 9.59 Å². The fourth-order valence-corrected chi connectivity index (χ4v) is 3.27. The van der Waals surface area contributed by atoms with E-state index in [1.165, 1.54) is 10.9 Å². The fourth-order valence-electron chi connectivity index (χ4n) is 3.27. The van der Waals surface area contributed by atoms with Gasteiger partial charge in [-0.1, -0.05) is 26.0 Å². The third-order valence-electron chi connectivity index (χ3n) is 4.57. The van der Waals surface area contributed by atoms with Crippen LogP contribution >= 0.6 is 0 Å². The number of rotatable bonds is 5. The van der Waals surface area contributed by atoms with E-state index in [4.69, 9.17) is 0 Å². The molecule has 0 unspecified atom stereocenters. The highest BCUT2D eigenvalue weighted by molar-refractivity contribution is 5.90. The highest BCUT2D eigenvalue weighted by atomic mass is 16.1. The Labute approximate surface area is 172 Å². The lowest BCUT2D eigenvalue weighted by Gasteiger charge is -2.10. The molecule has 0 aliphatic rings. The summed E-state index contributed by atoms with van der Waals surface area (Å²) in [4.78, 5) is 32.3. The molecular formula is C21H23N7O2. The Balaban J connectivity index is 1.82. The lowest BCUT2D eigenvalue weighted by Crippen LogP contribution is -2.19. The maximum atomic E-state index is 12.7. The number of aromatic amines is 1. The zero-order valence-corrected chi connectivity index (χ0v) is 17.3. The van der Waals surface area contributed by atoms with Crippen LogP contribution in [0.4, 0.5) is 5.82 Å². The van der Waals surface area contributed by atoms with Crippen LogP contribution in [-0.4, -0.2) is 35.4 Å². The van der Waals surface area contributed by atoms with E-state index >= 15 is 0 Å². The van der Waals surface area contributed by atoms with Crippen molar-refractivity contribution in [2.45, 2.75) is 34.1 Å². The Bertz CT molecular complexity index is 1300. The number of aryl methyl sites for hydroxylation is 2. The average molecular weight is 405 g/mol. The second kappa shape index (κ2) is 7.58. The summed E-state index contributed by atoms with van der Waals surface area (Å²) < 4.78 is 3.05. The number of benzene rings is 1. The number of nitrogens with one attached hydrogen (secondary N) is 2. The smallest absolute Gasteiger partial charge is 0.263 e. The van der Waals surface area contributed by atoms with Crippen LogP contribution in [0.3, 0.4) is 0 Å². The van der Waals surface area contributed by atoms with Crippen LogP contribution in [0.2, 0.25) is 0 Å². The number of carbonyl (C=O) groups excluding carboxylic acids is 1. The van der Waals surface area contributed by atoms with Gasteiger partial charge < -0.3 is 5.32 Å². The normalized spacial score (nSPS) is 11.4. The molecule has 0 saturated carbocycles. The highest BCUT2D eigenvalue weighted by Gasteiger charge is 2.17. The van der Waals surface area contributed by atoms with Crippen LogP contribution in [0.25, 0.3) is 22.7 Å². The molecule has 2 N–H and O–H groups in total. The zero-order valence-electron chi connectivity index (χ0n) is 17.3. The molecule has 3 heterocycles. The minimum atomic E-state index is -0.332. The monoisotopic (exact) mass is 405 g/mol. The number of fused-ring (bicyclic) bond motifs is 1. The number of carbonyl (C=O) groups is 1. The van der Waals surface area contributed by atoms with Gasteiger partial charge in [0, 0.05) is 12.5 Å². The first-order chi connectivity index (χ1) is 14.3. The predicted octanol–water partition coefficient (Wildman–Crippen LogP) is 2.90. The molecule has 3 aromatic heterocycles. The molecular weight excluding hydrogens is 382 g/mol. The molecule has 0 radical (unpaired) electrons. The van der Waals surface area contributed by atoms with Crippen molar-refractivity contribution < 1.29 is 4.79 Å². The lowest BCUT2D eigenvalue weighted by molar-refractivity contribution is -0.116. The van der Waals surface area contributed by atoms with Gasteiger partial charge in [0.25, 0.3) is 5.56 Å². The van der Waals surface area contributed by atoms with E-state index in [1.54, 1.807) is 10.7 Å². The fraction of sp³-hybridized carbons (Fsp3) is 0.286. The van der Waals surface area contributed by atoms with Crippen LogP contribution in [0.5, 0.6) is 0 Å². The summed E-state index contributed by atoms with van der Waals surface area (Å²) in [5.74, 6) is 0.747. The first kappa shape index (κ1) is 19.6. The number of anilines is 1. The van der Waals surface area contributed by atoms with Crippen LogP contribution in [0, 0.1) is 19.8 Å². The van der Waals surface area contributed by atoms with Crippen molar-refractivity contribution in [3.8, 4) is 11.6 Å².